The highest BCUT2D eigenvalue weighted by Crippen LogP contribution is 2.31. The predicted molar refractivity (Wildman–Crippen MR) is 129 cm³/mol. The van der Waals surface area contributed by atoms with Crippen LogP contribution in [-0.2, 0) is 7.05 Å². The lowest BCUT2D eigenvalue weighted by molar-refractivity contribution is 0.0668. The average molecular weight is 498 g/mol. The van der Waals surface area contributed by atoms with Gasteiger partial charge in [-0.2, -0.15) is 0 Å². The Kier molecular flexibility index (Phi) is 5.85. The molecule has 0 unspecified atom stereocenters. The standard InChI is InChI=1S/C25H25F2N5O4/c1-13-28-22-18(30(13)2)6-5-17(20(22)27)32-12-16(24(33)31-9-7-14(26)8-10-31)21-15(25(32)34)11-19(35-3)23(29-21)36-4/h5-6,11-12,14H,7-10H2,1-4H3. The summed E-state index contributed by atoms with van der Waals surface area (Å²) in [6.45, 7) is 2.20. The summed E-state index contributed by atoms with van der Waals surface area (Å²) in [6.07, 6.45) is 0.758. The summed E-state index contributed by atoms with van der Waals surface area (Å²) in [5.41, 5.74) is 0.196. The molecule has 0 atom stereocenters. The van der Waals surface area contributed by atoms with Crippen LogP contribution in [0.25, 0.3) is 27.6 Å². The van der Waals surface area contributed by atoms with Crippen LogP contribution in [0, 0.1) is 12.7 Å². The van der Waals surface area contributed by atoms with Gasteiger partial charge < -0.3 is 18.9 Å². The van der Waals surface area contributed by atoms with Crippen LogP contribution in [0.2, 0.25) is 0 Å². The van der Waals surface area contributed by atoms with E-state index in [2.05, 4.69) is 9.97 Å². The molecule has 1 aliphatic heterocycles. The van der Waals surface area contributed by atoms with Gasteiger partial charge in [0.2, 0.25) is 0 Å². The van der Waals surface area contributed by atoms with Crippen molar-refractivity contribution in [3.05, 3.63) is 52.0 Å². The number of likely N-dealkylation sites (tertiary alicyclic amines) is 1. The van der Waals surface area contributed by atoms with Gasteiger partial charge in [-0.1, -0.05) is 0 Å². The third-order valence-electron chi connectivity index (χ3n) is 6.73. The molecular weight excluding hydrogens is 472 g/mol. The summed E-state index contributed by atoms with van der Waals surface area (Å²) >= 11 is 0. The van der Waals surface area contributed by atoms with E-state index in [1.807, 2.05) is 0 Å². The lowest BCUT2D eigenvalue weighted by Crippen LogP contribution is -2.39. The van der Waals surface area contributed by atoms with Crippen molar-refractivity contribution in [3.8, 4) is 17.3 Å². The van der Waals surface area contributed by atoms with Gasteiger partial charge in [0.15, 0.2) is 11.6 Å². The van der Waals surface area contributed by atoms with Gasteiger partial charge in [-0.05, 0) is 31.9 Å². The Morgan fingerprint density at radius 3 is 2.50 bits per heavy atom. The first-order valence-electron chi connectivity index (χ1n) is 11.5. The monoisotopic (exact) mass is 497 g/mol. The fourth-order valence-electron chi connectivity index (χ4n) is 4.59. The number of amides is 1. The molecule has 0 spiro atoms. The Labute approximate surface area is 204 Å². The fourth-order valence-corrected chi connectivity index (χ4v) is 4.59. The van der Waals surface area contributed by atoms with Crippen molar-refractivity contribution >= 4 is 27.8 Å². The van der Waals surface area contributed by atoms with E-state index in [-0.39, 0.29) is 65.2 Å². The third-order valence-corrected chi connectivity index (χ3v) is 6.73. The van der Waals surface area contributed by atoms with Gasteiger partial charge in [-0.25, -0.2) is 18.7 Å². The summed E-state index contributed by atoms with van der Waals surface area (Å²) in [4.78, 5) is 37.4. The molecule has 4 heterocycles. The Morgan fingerprint density at radius 1 is 1.11 bits per heavy atom. The number of imidazole rings is 1. The van der Waals surface area contributed by atoms with Crippen molar-refractivity contribution in [2.45, 2.75) is 25.9 Å². The minimum atomic E-state index is -0.968. The fraction of sp³-hybridized carbons (Fsp3) is 0.360. The normalized spacial score (nSPS) is 14.6. The lowest BCUT2D eigenvalue weighted by Gasteiger charge is -2.29. The van der Waals surface area contributed by atoms with Crippen molar-refractivity contribution < 1.29 is 23.0 Å². The molecule has 5 rings (SSSR count). The van der Waals surface area contributed by atoms with E-state index in [1.54, 1.807) is 24.6 Å². The first kappa shape index (κ1) is 23.7. The predicted octanol–water partition coefficient (Wildman–Crippen LogP) is 3.31. The number of alkyl halides is 1. The van der Waals surface area contributed by atoms with Crippen molar-refractivity contribution in [2.24, 2.45) is 7.05 Å². The highest BCUT2D eigenvalue weighted by atomic mass is 19.1. The summed E-state index contributed by atoms with van der Waals surface area (Å²) in [6, 6.07) is 4.57. The number of benzene rings is 1. The molecule has 1 aromatic carbocycles. The first-order valence-corrected chi connectivity index (χ1v) is 11.5. The third kappa shape index (κ3) is 3.66. The maximum Gasteiger partial charge on any atom is 0.264 e. The molecule has 0 radical (unpaired) electrons. The van der Waals surface area contributed by atoms with E-state index < -0.39 is 23.5 Å². The smallest absolute Gasteiger partial charge is 0.264 e. The van der Waals surface area contributed by atoms with Crippen molar-refractivity contribution in [2.75, 3.05) is 27.3 Å². The quantitative estimate of drug-likeness (QED) is 0.430. The van der Waals surface area contributed by atoms with E-state index in [4.69, 9.17) is 9.47 Å². The Balaban J connectivity index is 1.78. The number of pyridine rings is 2. The molecule has 3 aromatic heterocycles. The zero-order valence-corrected chi connectivity index (χ0v) is 20.3. The summed E-state index contributed by atoms with van der Waals surface area (Å²) < 4.78 is 42.8. The van der Waals surface area contributed by atoms with Gasteiger partial charge in [0, 0.05) is 32.4 Å². The van der Waals surface area contributed by atoms with Crippen molar-refractivity contribution in [1.82, 2.24) is 24.0 Å². The SMILES string of the molecule is COc1cc2c(=O)n(-c3ccc4c(nc(C)n4C)c3F)cc(C(=O)N3CCC(F)CC3)c2nc1OC. The van der Waals surface area contributed by atoms with Crippen molar-refractivity contribution in [1.29, 1.82) is 0 Å². The van der Waals surface area contributed by atoms with Crippen LogP contribution in [0.4, 0.5) is 8.78 Å². The zero-order valence-electron chi connectivity index (χ0n) is 20.3. The van der Waals surface area contributed by atoms with Gasteiger partial charge in [0.1, 0.15) is 17.5 Å². The first-order chi connectivity index (χ1) is 17.2. The Hall–Kier alpha value is -4.02. The van der Waals surface area contributed by atoms with Crippen LogP contribution in [0.1, 0.15) is 29.0 Å². The minimum Gasteiger partial charge on any atom is -0.491 e. The molecule has 1 fully saturated rings. The number of methoxy groups -OCH3 is 2. The maximum atomic E-state index is 15.7. The molecule has 0 N–H and O–H groups in total. The molecule has 11 heteroatoms. The van der Waals surface area contributed by atoms with Crippen molar-refractivity contribution in [3.63, 3.8) is 0 Å². The summed E-state index contributed by atoms with van der Waals surface area (Å²) in [5.74, 6) is -0.235. The maximum absolute atomic E-state index is 15.7. The van der Waals surface area contributed by atoms with Gasteiger partial charge in [-0.3, -0.25) is 14.2 Å². The number of fused-ring (bicyclic) bond motifs is 2. The summed E-state index contributed by atoms with van der Waals surface area (Å²) in [5, 5.41) is 0.0515. The second-order valence-electron chi connectivity index (χ2n) is 8.77. The Morgan fingerprint density at radius 2 is 1.83 bits per heavy atom. The number of nitrogens with zero attached hydrogens (tertiary/aromatic N) is 5. The molecule has 1 saturated heterocycles. The van der Waals surface area contributed by atoms with Gasteiger partial charge >= 0.3 is 0 Å². The molecule has 0 saturated carbocycles. The highest BCUT2D eigenvalue weighted by Gasteiger charge is 2.28. The largest absolute Gasteiger partial charge is 0.491 e. The molecule has 188 valence electrons. The lowest BCUT2D eigenvalue weighted by atomic mass is 10.1. The van der Waals surface area contributed by atoms with Crippen LogP contribution in [0.3, 0.4) is 0 Å². The van der Waals surface area contributed by atoms with E-state index >= 15 is 4.39 Å². The number of hydrogen-bond donors (Lipinski definition) is 0. The van der Waals surface area contributed by atoms with Gasteiger partial charge in [0.25, 0.3) is 17.3 Å². The number of aromatic nitrogens is 4. The highest BCUT2D eigenvalue weighted by molar-refractivity contribution is 6.05. The van der Waals surface area contributed by atoms with E-state index in [0.29, 0.717) is 11.3 Å². The molecule has 4 aromatic rings. The number of carbonyl (C=O) groups is 1. The number of rotatable bonds is 4. The van der Waals surface area contributed by atoms with Gasteiger partial charge in [0.05, 0.1) is 41.9 Å². The van der Waals surface area contributed by atoms with Crippen LogP contribution in [0.15, 0.2) is 29.2 Å². The number of halogens is 2. The van der Waals surface area contributed by atoms with E-state index in [9.17, 15) is 14.0 Å². The zero-order chi connectivity index (χ0) is 25.7. The number of aryl methyl sites for hydroxylation is 2. The molecular formula is C25H25F2N5O4. The van der Waals surface area contributed by atoms with E-state index in [1.165, 1.54) is 37.4 Å². The van der Waals surface area contributed by atoms with Crippen LogP contribution in [0.5, 0.6) is 11.6 Å². The van der Waals surface area contributed by atoms with Crippen LogP contribution in [-0.4, -0.2) is 63.4 Å². The molecule has 0 bridgehead atoms. The second-order valence-corrected chi connectivity index (χ2v) is 8.77. The molecule has 9 nitrogen and oxygen atoms in total. The van der Waals surface area contributed by atoms with Gasteiger partial charge in [-0.15, -0.1) is 0 Å². The van der Waals surface area contributed by atoms with E-state index in [0.717, 1.165) is 4.57 Å². The minimum absolute atomic E-state index is 0.0515. The number of carbonyl (C=O) groups excluding carboxylic acids is 1. The number of piperidine rings is 1. The average Bonchev–Trinajstić information content (AvgIpc) is 3.18. The molecule has 1 aliphatic rings. The summed E-state index contributed by atoms with van der Waals surface area (Å²) in [7, 11) is 4.57. The molecule has 36 heavy (non-hydrogen) atoms. The van der Waals surface area contributed by atoms with Crippen LogP contribution < -0.4 is 15.0 Å². The second kappa shape index (κ2) is 8.89. The Bertz CT molecular complexity index is 1570. The molecule has 1 amide bonds. The number of hydrogen-bond acceptors (Lipinski definition) is 6. The van der Waals surface area contributed by atoms with Crippen LogP contribution >= 0.6 is 0 Å². The molecule has 0 aliphatic carbocycles. The number of ether oxygens (including phenoxy) is 2. The topological polar surface area (TPSA) is 91.5 Å².